The van der Waals surface area contributed by atoms with Gasteiger partial charge in [-0.15, -0.1) is 0 Å². The van der Waals surface area contributed by atoms with E-state index >= 15 is 0 Å². The number of nitriles is 4. The predicted octanol–water partition coefficient (Wildman–Crippen LogP) is 2.10. The molecule has 0 heterocycles. The second-order valence-electron chi connectivity index (χ2n) is 3.37. The summed E-state index contributed by atoms with van der Waals surface area (Å²) in [5.74, 6) is 0. The van der Waals surface area contributed by atoms with Crippen LogP contribution < -0.4 is 5.32 Å². The lowest BCUT2D eigenvalue weighted by Crippen LogP contribution is -2.02. The lowest BCUT2D eigenvalue weighted by atomic mass is 10.1. The molecule has 0 amide bonds. The van der Waals surface area contributed by atoms with Crippen LogP contribution in [-0.2, 0) is 0 Å². The van der Waals surface area contributed by atoms with Crippen LogP contribution in [0.1, 0.15) is 11.1 Å². The van der Waals surface area contributed by atoms with Crippen LogP contribution in [0.3, 0.4) is 0 Å². The fourth-order valence-corrected chi connectivity index (χ4v) is 1.28. The van der Waals surface area contributed by atoms with Gasteiger partial charge in [-0.1, -0.05) is 6.07 Å². The normalized spacial score (nSPS) is 8.06. The van der Waals surface area contributed by atoms with Gasteiger partial charge in [0.1, 0.15) is 30.0 Å². The quantitative estimate of drug-likeness (QED) is 0.787. The molecule has 1 aromatic carbocycles. The highest BCUT2D eigenvalue weighted by Crippen LogP contribution is 2.19. The maximum atomic E-state index is 8.93. The average Bonchev–Trinajstić information content (AvgIpc) is 2.39. The van der Waals surface area contributed by atoms with E-state index < -0.39 is 0 Å². The molecule has 0 aromatic heterocycles. The van der Waals surface area contributed by atoms with Crippen molar-refractivity contribution in [3.63, 3.8) is 0 Å². The Balaban J connectivity index is 3.29. The van der Waals surface area contributed by atoms with Gasteiger partial charge in [-0.2, -0.15) is 21.0 Å². The molecule has 84 valence electrons. The van der Waals surface area contributed by atoms with Crippen molar-refractivity contribution in [1.82, 2.24) is 0 Å². The molecule has 5 nitrogen and oxygen atoms in total. The van der Waals surface area contributed by atoms with Gasteiger partial charge < -0.3 is 5.32 Å². The van der Waals surface area contributed by atoms with Gasteiger partial charge in [0.2, 0.25) is 0 Å². The lowest BCUT2D eigenvalue weighted by molar-refractivity contribution is 1.35. The first kappa shape index (κ1) is 12.8. The van der Waals surface area contributed by atoms with Gasteiger partial charge in [-0.25, -0.2) is 0 Å². The Kier molecular flexibility index (Phi) is 4.06. The summed E-state index contributed by atoms with van der Waals surface area (Å²) in [6, 6.07) is 12.0. The Morgan fingerprint density at radius 3 is 2.22 bits per heavy atom. The molecule has 0 aliphatic carbocycles. The van der Waals surface area contributed by atoms with E-state index in [1.54, 1.807) is 36.4 Å². The SMILES string of the molecule is Cc1ccc(C#N)c(NC(C#N)=C(C#N)C#N)c1. The monoisotopic (exact) mass is 233 g/mol. The molecular formula is C13H7N5. The zero-order valence-corrected chi connectivity index (χ0v) is 9.52. The molecule has 0 bridgehead atoms. The van der Waals surface area contributed by atoms with E-state index in [1.807, 2.05) is 13.0 Å². The summed E-state index contributed by atoms with van der Waals surface area (Å²) in [7, 11) is 0. The molecule has 0 unspecified atom stereocenters. The Bertz CT molecular complexity index is 655. The molecule has 0 atom stereocenters. The fourth-order valence-electron chi connectivity index (χ4n) is 1.28. The summed E-state index contributed by atoms with van der Waals surface area (Å²) in [5.41, 5.74) is 1.15. The van der Waals surface area contributed by atoms with Crippen LogP contribution in [0, 0.1) is 52.2 Å². The zero-order chi connectivity index (χ0) is 13.5. The molecule has 0 aliphatic heterocycles. The lowest BCUT2D eigenvalue weighted by Gasteiger charge is -2.07. The van der Waals surface area contributed by atoms with Crippen LogP contribution in [0.5, 0.6) is 0 Å². The van der Waals surface area contributed by atoms with Gasteiger partial charge in [0, 0.05) is 0 Å². The Labute approximate surface area is 104 Å². The molecule has 18 heavy (non-hydrogen) atoms. The van der Waals surface area contributed by atoms with Gasteiger partial charge in [-0.05, 0) is 24.6 Å². The van der Waals surface area contributed by atoms with E-state index in [1.165, 1.54) is 0 Å². The molecule has 0 spiro atoms. The van der Waals surface area contributed by atoms with Crippen LogP contribution in [0.15, 0.2) is 29.5 Å². The highest BCUT2D eigenvalue weighted by molar-refractivity contribution is 5.65. The number of nitrogens with zero attached hydrogens (tertiary/aromatic N) is 4. The largest absolute Gasteiger partial charge is 0.344 e. The Morgan fingerprint density at radius 1 is 1.06 bits per heavy atom. The topological polar surface area (TPSA) is 107 Å². The minimum absolute atomic E-state index is 0.165. The van der Waals surface area contributed by atoms with Crippen molar-refractivity contribution in [2.45, 2.75) is 6.92 Å². The van der Waals surface area contributed by atoms with Crippen molar-refractivity contribution in [3.8, 4) is 24.3 Å². The van der Waals surface area contributed by atoms with E-state index in [2.05, 4.69) is 5.32 Å². The Morgan fingerprint density at radius 2 is 1.72 bits per heavy atom. The first-order valence-corrected chi connectivity index (χ1v) is 4.88. The van der Waals surface area contributed by atoms with Crippen molar-refractivity contribution in [2.24, 2.45) is 0 Å². The molecular weight excluding hydrogens is 226 g/mol. The van der Waals surface area contributed by atoms with Crippen LogP contribution in [0.2, 0.25) is 0 Å². The number of hydrogen-bond donors (Lipinski definition) is 1. The molecule has 0 saturated heterocycles. The molecule has 5 heteroatoms. The minimum Gasteiger partial charge on any atom is -0.344 e. The maximum absolute atomic E-state index is 8.93. The van der Waals surface area contributed by atoms with Gasteiger partial charge in [0.15, 0.2) is 5.57 Å². The second-order valence-corrected chi connectivity index (χ2v) is 3.37. The van der Waals surface area contributed by atoms with Crippen molar-refractivity contribution in [1.29, 1.82) is 21.0 Å². The second kappa shape index (κ2) is 5.71. The molecule has 1 rings (SSSR count). The number of benzene rings is 1. The number of anilines is 1. The number of allylic oxidation sites excluding steroid dienone is 2. The summed E-state index contributed by atoms with van der Waals surface area (Å²) >= 11 is 0. The van der Waals surface area contributed by atoms with Crippen molar-refractivity contribution in [3.05, 3.63) is 40.6 Å². The highest BCUT2D eigenvalue weighted by atomic mass is 14.9. The summed E-state index contributed by atoms with van der Waals surface area (Å²) in [4.78, 5) is 0. The molecule has 0 fully saturated rings. The van der Waals surface area contributed by atoms with Gasteiger partial charge in [-0.3, -0.25) is 0 Å². The highest BCUT2D eigenvalue weighted by Gasteiger charge is 2.09. The number of rotatable bonds is 2. The summed E-state index contributed by atoms with van der Waals surface area (Å²) in [5, 5.41) is 37.9. The average molecular weight is 233 g/mol. The van der Waals surface area contributed by atoms with E-state index in [4.69, 9.17) is 21.0 Å². The van der Waals surface area contributed by atoms with Gasteiger partial charge in [0.25, 0.3) is 0 Å². The van der Waals surface area contributed by atoms with Gasteiger partial charge in [0.05, 0.1) is 11.3 Å². The molecule has 0 saturated carbocycles. The minimum atomic E-state index is -0.317. The van der Waals surface area contributed by atoms with Crippen LogP contribution in [-0.4, -0.2) is 0 Å². The predicted molar refractivity (Wildman–Crippen MR) is 63.4 cm³/mol. The smallest absolute Gasteiger partial charge is 0.163 e. The molecule has 0 radical (unpaired) electrons. The van der Waals surface area contributed by atoms with Crippen LogP contribution in [0.4, 0.5) is 5.69 Å². The Hall–Kier alpha value is -3.28. The van der Waals surface area contributed by atoms with E-state index in [0.29, 0.717) is 11.3 Å². The molecule has 1 N–H and O–H groups in total. The van der Waals surface area contributed by atoms with Crippen molar-refractivity contribution < 1.29 is 0 Å². The van der Waals surface area contributed by atoms with Crippen molar-refractivity contribution in [2.75, 3.05) is 5.32 Å². The van der Waals surface area contributed by atoms with E-state index in [-0.39, 0.29) is 11.3 Å². The van der Waals surface area contributed by atoms with Crippen LogP contribution >= 0.6 is 0 Å². The summed E-state index contributed by atoms with van der Waals surface area (Å²) in [6.07, 6.45) is 0. The number of aryl methyl sites for hydroxylation is 1. The third-order valence-corrected chi connectivity index (χ3v) is 2.14. The van der Waals surface area contributed by atoms with Crippen molar-refractivity contribution >= 4 is 5.69 Å². The summed E-state index contributed by atoms with van der Waals surface area (Å²) in [6.45, 7) is 1.83. The number of nitrogens with one attached hydrogen (secondary N) is 1. The molecule has 1 aromatic rings. The zero-order valence-electron chi connectivity index (χ0n) is 9.52. The van der Waals surface area contributed by atoms with E-state index in [9.17, 15) is 0 Å². The maximum Gasteiger partial charge on any atom is 0.163 e. The fraction of sp³-hybridized carbons (Fsp3) is 0.0769. The van der Waals surface area contributed by atoms with Crippen LogP contribution in [0.25, 0.3) is 0 Å². The standard InChI is InChI=1S/C13H7N5/c1-9-2-3-10(5-14)12(4-9)18-13(8-17)11(6-15)7-16/h2-4,18H,1H3. The first-order chi connectivity index (χ1) is 8.65. The third kappa shape index (κ3) is 2.64. The first-order valence-electron chi connectivity index (χ1n) is 4.88. The van der Waals surface area contributed by atoms with E-state index in [0.717, 1.165) is 5.56 Å². The number of hydrogen-bond acceptors (Lipinski definition) is 5. The summed E-state index contributed by atoms with van der Waals surface area (Å²) < 4.78 is 0. The third-order valence-electron chi connectivity index (χ3n) is 2.14. The molecule has 0 aliphatic rings. The van der Waals surface area contributed by atoms with Gasteiger partial charge >= 0.3 is 0 Å².